The minimum absolute atomic E-state index is 0.0298. The molecular formula is C21H21N5O4S. The van der Waals surface area contributed by atoms with E-state index in [-0.39, 0.29) is 10.9 Å². The number of amides is 1. The number of pyridine rings is 1. The van der Waals surface area contributed by atoms with Crippen molar-refractivity contribution in [2.75, 3.05) is 5.32 Å². The third kappa shape index (κ3) is 3.94. The number of carbonyl (C=O) groups is 1. The molecule has 160 valence electrons. The molecule has 3 heterocycles. The van der Waals surface area contributed by atoms with Crippen molar-refractivity contribution in [3.8, 4) is 11.5 Å². The van der Waals surface area contributed by atoms with Gasteiger partial charge >= 0.3 is 0 Å². The molecular weight excluding hydrogens is 418 g/mol. The largest absolute Gasteiger partial charge is 0.463 e. The number of hydrogen-bond donors (Lipinski definition) is 2. The van der Waals surface area contributed by atoms with Gasteiger partial charge in [0.2, 0.25) is 10.0 Å². The maximum Gasteiger partial charge on any atom is 0.256 e. The second-order valence-electron chi connectivity index (χ2n) is 7.43. The summed E-state index contributed by atoms with van der Waals surface area (Å²) in [6, 6.07) is 9.69. The normalized spacial score (nSPS) is 11.9. The Kier molecular flexibility index (Phi) is 5.11. The topological polar surface area (TPSA) is 133 Å². The van der Waals surface area contributed by atoms with Crippen molar-refractivity contribution in [1.82, 2.24) is 14.8 Å². The first-order valence-electron chi connectivity index (χ1n) is 9.52. The monoisotopic (exact) mass is 439 g/mol. The lowest BCUT2D eigenvalue weighted by atomic mass is 10.1. The summed E-state index contributed by atoms with van der Waals surface area (Å²) in [4.78, 5) is 17.8. The third-order valence-corrected chi connectivity index (χ3v) is 5.88. The van der Waals surface area contributed by atoms with Crippen LogP contribution in [0.3, 0.4) is 0 Å². The summed E-state index contributed by atoms with van der Waals surface area (Å²) in [7, 11) is -3.92. The SMILES string of the molecule is Cc1ccc(NC(=O)c2cc(-c3ccco3)nc3c2cnn3C(C)C)cc1S(N)(=O)=O. The van der Waals surface area contributed by atoms with Crippen LogP contribution in [0.25, 0.3) is 22.5 Å². The number of primary sulfonamides is 1. The number of aryl methyl sites for hydroxylation is 1. The van der Waals surface area contributed by atoms with Gasteiger partial charge in [0.25, 0.3) is 5.91 Å². The zero-order valence-electron chi connectivity index (χ0n) is 17.2. The maximum absolute atomic E-state index is 13.2. The van der Waals surface area contributed by atoms with Crippen LogP contribution in [0, 0.1) is 6.92 Å². The fourth-order valence-corrected chi connectivity index (χ4v) is 4.13. The number of fused-ring (bicyclic) bond motifs is 1. The molecule has 0 aliphatic rings. The first-order chi connectivity index (χ1) is 14.6. The van der Waals surface area contributed by atoms with Crippen molar-refractivity contribution in [1.29, 1.82) is 0 Å². The van der Waals surface area contributed by atoms with Crippen molar-refractivity contribution in [3.05, 3.63) is 60.0 Å². The van der Waals surface area contributed by atoms with Gasteiger partial charge in [-0.2, -0.15) is 5.10 Å². The average Bonchev–Trinajstić information content (AvgIpc) is 3.37. The molecule has 1 aromatic carbocycles. The Labute approximate surface area is 178 Å². The van der Waals surface area contributed by atoms with E-state index in [1.165, 1.54) is 12.3 Å². The first kappa shape index (κ1) is 20.8. The molecule has 3 N–H and O–H groups in total. The summed E-state index contributed by atoms with van der Waals surface area (Å²) in [6.45, 7) is 5.57. The first-order valence-corrected chi connectivity index (χ1v) is 11.1. The van der Waals surface area contributed by atoms with Crippen molar-refractivity contribution in [3.63, 3.8) is 0 Å². The lowest BCUT2D eigenvalue weighted by Gasteiger charge is -2.11. The summed E-state index contributed by atoms with van der Waals surface area (Å²) in [6.07, 6.45) is 3.12. The predicted molar refractivity (Wildman–Crippen MR) is 116 cm³/mol. The van der Waals surface area contributed by atoms with Crippen LogP contribution < -0.4 is 10.5 Å². The molecule has 9 nitrogen and oxygen atoms in total. The van der Waals surface area contributed by atoms with E-state index < -0.39 is 15.9 Å². The van der Waals surface area contributed by atoms with Crippen LogP contribution in [0.5, 0.6) is 0 Å². The smallest absolute Gasteiger partial charge is 0.256 e. The highest BCUT2D eigenvalue weighted by Crippen LogP contribution is 2.28. The zero-order valence-corrected chi connectivity index (χ0v) is 18.0. The summed E-state index contributed by atoms with van der Waals surface area (Å²) >= 11 is 0. The summed E-state index contributed by atoms with van der Waals surface area (Å²) < 4.78 is 30.8. The lowest BCUT2D eigenvalue weighted by Crippen LogP contribution is -2.16. The quantitative estimate of drug-likeness (QED) is 0.489. The minimum atomic E-state index is -3.92. The number of nitrogens with two attached hydrogens (primary N) is 1. The molecule has 1 amide bonds. The van der Waals surface area contributed by atoms with Crippen LogP contribution in [0.2, 0.25) is 0 Å². The van der Waals surface area contributed by atoms with Gasteiger partial charge in [0, 0.05) is 11.7 Å². The summed E-state index contributed by atoms with van der Waals surface area (Å²) in [5, 5.41) is 13.0. The highest BCUT2D eigenvalue weighted by molar-refractivity contribution is 7.89. The molecule has 4 aromatic rings. The van der Waals surface area contributed by atoms with Gasteiger partial charge in [-0.15, -0.1) is 0 Å². The Bertz CT molecular complexity index is 1390. The third-order valence-electron chi connectivity index (χ3n) is 4.83. The maximum atomic E-state index is 13.2. The Morgan fingerprint density at radius 2 is 2.00 bits per heavy atom. The van der Waals surface area contributed by atoms with Crippen molar-refractivity contribution >= 4 is 32.7 Å². The zero-order chi connectivity index (χ0) is 22.3. The number of hydrogen-bond acceptors (Lipinski definition) is 6. The Morgan fingerprint density at radius 1 is 1.23 bits per heavy atom. The average molecular weight is 439 g/mol. The number of nitrogens with zero attached hydrogens (tertiary/aromatic N) is 3. The van der Waals surface area contributed by atoms with Crippen molar-refractivity contribution in [2.45, 2.75) is 31.7 Å². The summed E-state index contributed by atoms with van der Waals surface area (Å²) in [5.41, 5.74) is 2.16. The second kappa shape index (κ2) is 7.64. The van der Waals surface area contributed by atoms with Gasteiger partial charge in [-0.05, 0) is 56.7 Å². The van der Waals surface area contributed by atoms with E-state index in [2.05, 4.69) is 15.4 Å². The fourth-order valence-electron chi connectivity index (χ4n) is 3.32. The van der Waals surface area contributed by atoms with E-state index in [0.717, 1.165) is 0 Å². The van der Waals surface area contributed by atoms with E-state index in [1.54, 1.807) is 48.1 Å². The predicted octanol–water partition coefficient (Wildman–Crippen LogP) is 3.48. The highest BCUT2D eigenvalue weighted by atomic mass is 32.2. The van der Waals surface area contributed by atoms with E-state index in [4.69, 9.17) is 9.56 Å². The van der Waals surface area contributed by atoms with E-state index >= 15 is 0 Å². The molecule has 0 saturated heterocycles. The number of rotatable bonds is 5. The molecule has 0 atom stereocenters. The van der Waals surface area contributed by atoms with Gasteiger partial charge in [-0.1, -0.05) is 6.07 Å². The van der Waals surface area contributed by atoms with Crippen LogP contribution in [0.4, 0.5) is 5.69 Å². The van der Waals surface area contributed by atoms with E-state index in [9.17, 15) is 13.2 Å². The molecule has 0 saturated carbocycles. The van der Waals surface area contributed by atoms with Crippen LogP contribution in [0.1, 0.15) is 35.8 Å². The van der Waals surface area contributed by atoms with Crippen LogP contribution >= 0.6 is 0 Å². The molecule has 0 aliphatic carbocycles. The fraction of sp³-hybridized carbons (Fsp3) is 0.190. The molecule has 10 heteroatoms. The van der Waals surface area contributed by atoms with Crippen LogP contribution in [0.15, 0.2) is 58.2 Å². The lowest BCUT2D eigenvalue weighted by molar-refractivity contribution is 0.102. The highest BCUT2D eigenvalue weighted by Gasteiger charge is 2.20. The van der Waals surface area contributed by atoms with Gasteiger partial charge in [0.15, 0.2) is 11.4 Å². The molecule has 0 radical (unpaired) electrons. The molecule has 0 spiro atoms. The number of sulfonamides is 1. The Morgan fingerprint density at radius 3 is 2.65 bits per heavy atom. The molecule has 3 aromatic heterocycles. The van der Waals surface area contributed by atoms with Gasteiger partial charge in [0.05, 0.1) is 28.3 Å². The number of anilines is 1. The molecule has 0 fully saturated rings. The van der Waals surface area contributed by atoms with Crippen LogP contribution in [-0.2, 0) is 10.0 Å². The number of benzene rings is 1. The van der Waals surface area contributed by atoms with Gasteiger partial charge in [-0.3, -0.25) is 4.79 Å². The van der Waals surface area contributed by atoms with Crippen LogP contribution in [-0.4, -0.2) is 29.1 Å². The Balaban J connectivity index is 1.81. The van der Waals surface area contributed by atoms with Crippen molar-refractivity contribution < 1.29 is 17.6 Å². The summed E-state index contributed by atoms with van der Waals surface area (Å²) in [5.74, 6) is 0.0760. The van der Waals surface area contributed by atoms with Crippen molar-refractivity contribution in [2.24, 2.45) is 5.14 Å². The minimum Gasteiger partial charge on any atom is -0.463 e. The number of nitrogens with one attached hydrogen (secondary N) is 1. The molecule has 0 bridgehead atoms. The molecule has 31 heavy (non-hydrogen) atoms. The Hall–Kier alpha value is -3.50. The van der Waals surface area contributed by atoms with E-state index in [0.29, 0.717) is 39.3 Å². The van der Waals surface area contributed by atoms with E-state index in [1.807, 2.05) is 13.8 Å². The number of carbonyl (C=O) groups excluding carboxylic acids is 1. The van der Waals surface area contributed by atoms with Gasteiger partial charge in [-0.25, -0.2) is 23.2 Å². The molecule has 0 unspecified atom stereocenters. The number of aromatic nitrogens is 3. The standard InChI is InChI=1S/C21H21N5O4S/c1-12(2)26-20-16(11-23-26)15(10-17(25-20)18-5-4-8-30-18)21(27)24-14-7-6-13(3)19(9-14)31(22,28)29/h4-12H,1-3H3,(H,24,27)(H2,22,28,29). The van der Waals surface area contributed by atoms with Gasteiger partial charge in [0.1, 0.15) is 5.69 Å². The number of furan rings is 1. The molecule has 4 rings (SSSR count). The molecule has 0 aliphatic heterocycles. The van der Waals surface area contributed by atoms with Gasteiger partial charge < -0.3 is 9.73 Å². The second-order valence-corrected chi connectivity index (χ2v) is 8.96.